The first-order chi connectivity index (χ1) is 11.6. The van der Waals surface area contributed by atoms with Crippen molar-refractivity contribution in [1.82, 2.24) is 0 Å². The van der Waals surface area contributed by atoms with Crippen LogP contribution >= 0.6 is 0 Å². The molecule has 0 saturated carbocycles. The lowest BCUT2D eigenvalue weighted by Crippen LogP contribution is -2.30. The summed E-state index contributed by atoms with van der Waals surface area (Å²) < 4.78 is 22.7. The van der Waals surface area contributed by atoms with Crippen LogP contribution in [-0.4, -0.2) is 0 Å². The van der Waals surface area contributed by atoms with Crippen molar-refractivity contribution in [2.24, 2.45) is 7.05 Å². The molecule has 0 unspecified atom stereocenters. The van der Waals surface area contributed by atoms with E-state index in [0.29, 0.717) is 27.6 Å². The fraction of sp³-hybridized carbons (Fsp3) is 0.100. The number of aromatic nitrogens is 1. The number of benzene rings is 2. The molecule has 116 valence electrons. The zero-order chi connectivity index (χ0) is 16.8. The zero-order valence-electron chi connectivity index (χ0n) is 13.3. The summed E-state index contributed by atoms with van der Waals surface area (Å²) in [4.78, 5) is 3.49. The van der Waals surface area contributed by atoms with Gasteiger partial charge in [0.15, 0.2) is 11.8 Å². The molecule has 2 aromatic carbocycles. The number of rotatable bonds is 1. The lowest BCUT2D eigenvalue weighted by Gasteiger charge is -2.06. The molecule has 0 aliphatic carbocycles. The average molecular weight is 317 g/mol. The monoisotopic (exact) mass is 317 g/mol. The van der Waals surface area contributed by atoms with Crippen LogP contribution in [0.25, 0.3) is 38.0 Å². The van der Waals surface area contributed by atoms with Gasteiger partial charge in [-0.3, -0.25) is 0 Å². The van der Waals surface area contributed by atoms with Crippen molar-refractivity contribution in [3.05, 3.63) is 71.5 Å². The Morgan fingerprint density at radius 1 is 1.12 bits per heavy atom. The molecule has 0 amide bonds. The van der Waals surface area contributed by atoms with Crippen LogP contribution in [0.2, 0.25) is 0 Å². The molecule has 0 N–H and O–H groups in total. The van der Waals surface area contributed by atoms with E-state index in [4.69, 9.17) is 11.0 Å². The Balaban J connectivity index is 2.24. The maximum absolute atomic E-state index is 14.7. The van der Waals surface area contributed by atoms with Gasteiger partial charge in [0, 0.05) is 17.5 Å². The highest BCUT2D eigenvalue weighted by atomic mass is 19.1. The van der Waals surface area contributed by atoms with Crippen LogP contribution in [0.4, 0.5) is 10.1 Å². The van der Waals surface area contributed by atoms with Crippen molar-refractivity contribution in [3.63, 3.8) is 0 Å². The number of hydrogen-bond acceptors (Lipinski definition) is 1. The van der Waals surface area contributed by atoms with E-state index < -0.39 is 0 Å². The number of pyridine rings is 1. The normalized spacial score (nSPS) is 11.1. The number of halogens is 1. The first-order valence-corrected chi connectivity index (χ1v) is 7.58. The molecule has 3 nitrogen and oxygen atoms in total. The minimum absolute atomic E-state index is 0.328. The summed E-state index contributed by atoms with van der Waals surface area (Å²) in [5.74, 6) is -0.328. The Bertz CT molecular complexity index is 1150. The smallest absolute Gasteiger partial charge is 0.229 e. The maximum atomic E-state index is 14.7. The van der Waals surface area contributed by atoms with Crippen LogP contribution < -0.4 is 4.57 Å². The standard InChI is InChI=1S/C20H14FN2O/c1-12-11-14(21)18-13-7-6-8-15(22-2)19(13)24-20(18)17(12)16-9-4-5-10-23(16)3/h4-11H,1,3H3/q+1. The van der Waals surface area contributed by atoms with Crippen LogP contribution in [-0.2, 0) is 7.05 Å². The van der Waals surface area contributed by atoms with Gasteiger partial charge in [-0.1, -0.05) is 18.2 Å². The summed E-state index contributed by atoms with van der Waals surface area (Å²) in [6, 6.07) is 12.6. The third kappa shape index (κ3) is 1.92. The number of fused-ring (bicyclic) bond motifs is 3. The Morgan fingerprint density at radius 3 is 2.71 bits per heavy atom. The number of aryl methyl sites for hydroxylation is 2. The van der Waals surface area contributed by atoms with Crippen LogP contribution in [0.3, 0.4) is 0 Å². The summed E-state index contributed by atoms with van der Waals surface area (Å²) in [6.07, 6.45) is 1.94. The molecule has 0 aliphatic heterocycles. The zero-order valence-corrected chi connectivity index (χ0v) is 13.3. The topological polar surface area (TPSA) is 21.4 Å². The van der Waals surface area contributed by atoms with Crippen molar-refractivity contribution < 1.29 is 13.4 Å². The highest BCUT2D eigenvalue weighted by Crippen LogP contribution is 2.41. The summed E-state index contributed by atoms with van der Waals surface area (Å²) in [7, 11) is 1.94. The number of furan rings is 1. The minimum Gasteiger partial charge on any atom is -0.466 e. The lowest BCUT2D eigenvalue weighted by atomic mass is 10.00. The molecular weight excluding hydrogens is 303 g/mol. The van der Waals surface area contributed by atoms with Gasteiger partial charge < -0.3 is 4.42 Å². The van der Waals surface area contributed by atoms with E-state index in [2.05, 4.69) is 4.85 Å². The van der Waals surface area contributed by atoms with Crippen LogP contribution in [0, 0.1) is 19.3 Å². The van der Waals surface area contributed by atoms with Gasteiger partial charge in [-0.15, -0.1) is 0 Å². The summed E-state index contributed by atoms with van der Waals surface area (Å²) >= 11 is 0. The highest BCUT2D eigenvalue weighted by Gasteiger charge is 2.23. The Labute approximate surface area is 138 Å². The average Bonchev–Trinajstić information content (AvgIpc) is 2.96. The van der Waals surface area contributed by atoms with Crippen LogP contribution in [0.15, 0.2) is 53.1 Å². The first kappa shape index (κ1) is 14.4. The molecule has 24 heavy (non-hydrogen) atoms. The number of nitrogens with zero attached hydrogens (tertiary/aromatic N) is 2. The van der Waals surface area contributed by atoms with Gasteiger partial charge in [0.1, 0.15) is 18.4 Å². The molecule has 0 fully saturated rings. The van der Waals surface area contributed by atoms with Crippen LogP contribution in [0.1, 0.15) is 5.56 Å². The van der Waals surface area contributed by atoms with Gasteiger partial charge in [0.25, 0.3) is 0 Å². The van der Waals surface area contributed by atoms with Gasteiger partial charge in [0.2, 0.25) is 11.4 Å². The fourth-order valence-corrected chi connectivity index (χ4v) is 3.22. The van der Waals surface area contributed by atoms with Gasteiger partial charge >= 0.3 is 0 Å². The van der Waals surface area contributed by atoms with E-state index in [1.54, 1.807) is 18.2 Å². The predicted molar refractivity (Wildman–Crippen MR) is 91.3 cm³/mol. The molecule has 0 aliphatic rings. The molecule has 4 aromatic rings. The molecule has 2 aromatic heterocycles. The molecule has 0 spiro atoms. The second-order valence-corrected chi connectivity index (χ2v) is 5.82. The van der Waals surface area contributed by atoms with E-state index >= 15 is 0 Å². The Hall–Kier alpha value is -3.19. The van der Waals surface area contributed by atoms with Gasteiger partial charge in [-0.25, -0.2) is 13.8 Å². The van der Waals surface area contributed by atoms with E-state index in [9.17, 15) is 4.39 Å². The predicted octanol–water partition coefficient (Wildman–Crippen LogP) is 5.08. The largest absolute Gasteiger partial charge is 0.466 e. The second kappa shape index (κ2) is 5.17. The lowest BCUT2D eigenvalue weighted by molar-refractivity contribution is -0.660. The van der Waals surface area contributed by atoms with Gasteiger partial charge in [-0.05, 0) is 24.6 Å². The van der Waals surface area contributed by atoms with Crippen LogP contribution in [0.5, 0.6) is 0 Å². The third-order valence-corrected chi connectivity index (χ3v) is 4.33. The van der Waals surface area contributed by atoms with E-state index in [1.165, 1.54) is 6.07 Å². The summed E-state index contributed by atoms with van der Waals surface area (Å²) in [6.45, 7) is 9.18. The number of hydrogen-bond donors (Lipinski definition) is 0. The molecule has 4 rings (SSSR count). The van der Waals surface area contributed by atoms with Crippen molar-refractivity contribution in [3.8, 4) is 11.3 Å². The third-order valence-electron chi connectivity index (χ3n) is 4.33. The van der Waals surface area contributed by atoms with E-state index in [0.717, 1.165) is 16.8 Å². The molecule has 2 heterocycles. The Morgan fingerprint density at radius 2 is 1.96 bits per heavy atom. The van der Waals surface area contributed by atoms with E-state index in [-0.39, 0.29) is 5.82 Å². The molecule has 0 radical (unpaired) electrons. The molecule has 0 saturated heterocycles. The molecular formula is C20H14FN2O+. The Kier molecular flexibility index (Phi) is 3.10. The SMILES string of the molecule is [C-]#[N+]c1cccc2c1oc1c(-c3cccc[n+]3C)c(C)cc(F)c12. The summed E-state index contributed by atoms with van der Waals surface area (Å²) in [5, 5.41) is 1.07. The fourth-order valence-electron chi connectivity index (χ4n) is 3.22. The molecule has 4 heteroatoms. The first-order valence-electron chi connectivity index (χ1n) is 7.58. The van der Waals surface area contributed by atoms with Crippen molar-refractivity contribution in [2.45, 2.75) is 6.92 Å². The van der Waals surface area contributed by atoms with Gasteiger partial charge in [0.05, 0.1) is 17.5 Å². The van der Waals surface area contributed by atoms with Crippen molar-refractivity contribution >= 4 is 27.6 Å². The molecule has 0 bridgehead atoms. The highest BCUT2D eigenvalue weighted by molar-refractivity contribution is 6.13. The van der Waals surface area contributed by atoms with Gasteiger partial charge in [-0.2, -0.15) is 0 Å². The number of para-hydroxylation sites is 1. The van der Waals surface area contributed by atoms with Crippen molar-refractivity contribution in [2.75, 3.05) is 0 Å². The summed E-state index contributed by atoms with van der Waals surface area (Å²) in [5.41, 5.74) is 3.90. The maximum Gasteiger partial charge on any atom is 0.229 e. The molecule has 0 atom stereocenters. The second-order valence-electron chi connectivity index (χ2n) is 5.82. The quantitative estimate of drug-likeness (QED) is 0.354. The van der Waals surface area contributed by atoms with Crippen molar-refractivity contribution in [1.29, 1.82) is 0 Å². The van der Waals surface area contributed by atoms with E-state index in [1.807, 2.05) is 42.9 Å². The minimum atomic E-state index is -0.328.